The van der Waals surface area contributed by atoms with Crippen molar-refractivity contribution in [3.05, 3.63) is 24.3 Å². The number of ether oxygens (including phenoxy) is 4. The van der Waals surface area contributed by atoms with E-state index in [0.29, 0.717) is 25.7 Å². The van der Waals surface area contributed by atoms with E-state index in [-0.39, 0.29) is 25.7 Å². The minimum absolute atomic E-state index is 0.0852. The predicted molar refractivity (Wildman–Crippen MR) is 432 cm³/mol. The molecule has 0 aliphatic carbocycles. The number of rotatable bonds is 84. The standard InChI is InChI=1S/C86H164O17P2/c1-6-9-12-15-18-21-24-27-30-32-33-34-35-36-37-40-43-46-51-57-62-67-72-86(91)102-81(75-96-83(88)69-64-59-54-49-44-41-39-31-28-25-22-19-16-13-10-7-2)77-100-104(92,93)98-73-80(87)74-99-105(94,95)101-78-82(76-97-84(89)70-65-60-55-52-47-48-53-58-63-68-79(4)5)103-85(90)71-66-61-56-50-45-42-38-29-26-23-20-17-14-11-8-3/h23,26,29,38,79-82,87H,6-22,24-25,27-28,30-37,39-78H2,1-5H3,(H,92,93)(H,94,95)/b26-23-,38-29-/t80-,81-,82-/m1/s1. The molecule has 2 unspecified atom stereocenters. The topological polar surface area (TPSA) is 237 Å². The number of allylic oxidation sites excluding steroid dienone is 4. The van der Waals surface area contributed by atoms with Gasteiger partial charge in [0.2, 0.25) is 0 Å². The van der Waals surface area contributed by atoms with Crippen LogP contribution in [-0.4, -0.2) is 96.7 Å². The number of unbranched alkanes of at least 4 members (excludes halogenated alkanes) is 53. The number of carbonyl (C=O) groups excluding carboxylic acids is 4. The second kappa shape index (κ2) is 78.2. The molecule has 0 aromatic rings. The zero-order valence-corrected chi connectivity index (χ0v) is 70.1. The molecule has 0 saturated heterocycles. The molecule has 0 amide bonds. The van der Waals surface area contributed by atoms with Crippen molar-refractivity contribution in [2.45, 2.75) is 457 Å². The first-order chi connectivity index (χ1) is 51.0. The van der Waals surface area contributed by atoms with Crippen LogP contribution < -0.4 is 0 Å². The zero-order chi connectivity index (χ0) is 76.9. The van der Waals surface area contributed by atoms with E-state index >= 15 is 0 Å². The minimum atomic E-state index is -4.97. The van der Waals surface area contributed by atoms with Crippen molar-refractivity contribution in [3.63, 3.8) is 0 Å². The van der Waals surface area contributed by atoms with Crippen molar-refractivity contribution < 1.29 is 80.2 Å². The second-order valence-corrected chi connectivity index (χ2v) is 33.6. The van der Waals surface area contributed by atoms with Crippen LogP contribution in [0.3, 0.4) is 0 Å². The molecular weight excluding hydrogens is 1370 g/mol. The van der Waals surface area contributed by atoms with E-state index in [1.807, 2.05) is 0 Å². The van der Waals surface area contributed by atoms with Gasteiger partial charge in [-0.1, -0.05) is 386 Å². The van der Waals surface area contributed by atoms with Gasteiger partial charge in [0.05, 0.1) is 26.4 Å². The number of phosphoric acid groups is 2. The summed E-state index contributed by atoms with van der Waals surface area (Å²) in [4.78, 5) is 73.2. The van der Waals surface area contributed by atoms with Gasteiger partial charge in [-0.3, -0.25) is 37.3 Å². The van der Waals surface area contributed by atoms with E-state index < -0.39 is 97.5 Å². The number of aliphatic hydroxyl groups excluding tert-OH is 1. The van der Waals surface area contributed by atoms with Crippen molar-refractivity contribution in [2.24, 2.45) is 5.92 Å². The summed E-state index contributed by atoms with van der Waals surface area (Å²) in [6.45, 7) is 7.27. The predicted octanol–water partition coefficient (Wildman–Crippen LogP) is 25.9. The van der Waals surface area contributed by atoms with Crippen LogP contribution in [0.15, 0.2) is 24.3 Å². The summed E-state index contributed by atoms with van der Waals surface area (Å²) in [5.41, 5.74) is 0. The number of hydrogen-bond donors (Lipinski definition) is 3. The summed E-state index contributed by atoms with van der Waals surface area (Å²) in [5, 5.41) is 10.7. The maximum atomic E-state index is 13.1. The fourth-order valence-electron chi connectivity index (χ4n) is 12.9. The van der Waals surface area contributed by atoms with Gasteiger partial charge in [0.15, 0.2) is 12.2 Å². The molecule has 5 atom stereocenters. The lowest BCUT2D eigenvalue weighted by Crippen LogP contribution is -2.30. The van der Waals surface area contributed by atoms with E-state index in [2.05, 4.69) is 58.9 Å². The summed E-state index contributed by atoms with van der Waals surface area (Å²) in [7, 11) is -9.94. The Labute approximate surface area is 643 Å². The molecule has 0 fully saturated rings. The van der Waals surface area contributed by atoms with Gasteiger partial charge in [-0.05, 0) is 57.3 Å². The van der Waals surface area contributed by atoms with Gasteiger partial charge in [-0.15, -0.1) is 0 Å². The molecule has 0 bridgehead atoms. The zero-order valence-electron chi connectivity index (χ0n) is 68.4. The van der Waals surface area contributed by atoms with E-state index in [1.54, 1.807) is 0 Å². The number of hydrogen-bond acceptors (Lipinski definition) is 15. The molecule has 0 aromatic heterocycles. The van der Waals surface area contributed by atoms with Crippen molar-refractivity contribution in [1.82, 2.24) is 0 Å². The molecule has 0 aromatic carbocycles. The highest BCUT2D eigenvalue weighted by Gasteiger charge is 2.30. The molecule has 0 heterocycles. The molecule has 0 aliphatic heterocycles. The first-order valence-corrected chi connectivity index (χ1v) is 46.9. The normalized spacial score (nSPS) is 13.9. The largest absolute Gasteiger partial charge is 0.472 e. The number of phosphoric ester groups is 2. The lowest BCUT2D eigenvalue weighted by molar-refractivity contribution is -0.161. The molecule has 105 heavy (non-hydrogen) atoms. The van der Waals surface area contributed by atoms with E-state index in [9.17, 15) is 43.2 Å². The maximum Gasteiger partial charge on any atom is 0.472 e. The van der Waals surface area contributed by atoms with Crippen LogP contribution >= 0.6 is 15.6 Å². The average Bonchev–Trinajstić information content (AvgIpc) is 0.912. The maximum absolute atomic E-state index is 13.1. The van der Waals surface area contributed by atoms with Gasteiger partial charge in [0.25, 0.3) is 0 Å². The first kappa shape index (κ1) is 103. The van der Waals surface area contributed by atoms with Gasteiger partial charge in [-0.25, -0.2) is 9.13 Å². The summed E-state index contributed by atoms with van der Waals surface area (Å²) in [5.74, 6) is -1.39. The molecular formula is C86H164O17P2. The van der Waals surface area contributed by atoms with Crippen molar-refractivity contribution in [3.8, 4) is 0 Å². The Morgan fingerprint density at radius 3 is 0.781 bits per heavy atom. The lowest BCUT2D eigenvalue weighted by Gasteiger charge is -2.21. The van der Waals surface area contributed by atoms with Crippen LogP contribution in [0.2, 0.25) is 0 Å². The molecule has 0 rings (SSSR count). The summed E-state index contributed by atoms with van der Waals surface area (Å²) in [6, 6.07) is 0. The number of esters is 4. The van der Waals surface area contributed by atoms with Crippen LogP contribution in [-0.2, 0) is 65.4 Å². The fourth-order valence-corrected chi connectivity index (χ4v) is 14.5. The van der Waals surface area contributed by atoms with E-state index in [4.69, 9.17) is 37.0 Å². The lowest BCUT2D eigenvalue weighted by atomic mass is 10.0. The number of aliphatic hydroxyl groups is 1. The highest BCUT2D eigenvalue weighted by Crippen LogP contribution is 2.45. The Hall–Kier alpha value is -2.46. The Kier molecular flexibility index (Phi) is 76.4. The van der Waals surface area contributed by atoms with E-state index in [0.717, 1.165) is 109 Å². The van der Waals surface area contributed by atoms with Crippen molar-refractivity contribution in [2.75, 3.05) is 39.6 Å². The smallest absolute Gasteiger partial charge is 0.462 e. The number of carbonyl (C=O) groups is 4. The monoisotopic (exact) mass is 1530 g/mol. The third kappa shape index (κ3) is 79.4. The molecule has 19 heteroatoms. The van der Waals surface area contributed by atoms with Crippen LogP contribution in [0.5, 0.6) is 0 Å². The third-order valence-electron chi connectivity index (χ3n) is 19.7. The molecule has 0 aliphatic rings. The first-order valence-electron chi connectivity index (χ1n) is 44.0. The molecule has 0 saturated carbocycles. The van der Waals surface area contributed by atoms with Gasteiger partial charge in [-0.2, -0.15) is 0 Å². The molecule has 620 valence electrons. The van der Waals surface area contributed by atoms with Crippen LogP contribution in [0, 0.1) is 5.92 Å². The summed E-state index contributed by atoms with van der Waals surface area (Å²) < 4.78 is 68.8. The Morgan fingerprint density at radius 2 is 0.514 bits per heavy atom. The molecule has 0 radical (unpaired) electrons. The van der Waals surface area contributed by atoms with E-state index in [1.165, 1.54) is 250 Å². The average molecular weight is 1530 g/mol. The minimum Gasteiger partial charge on any atom is -0.462 e. The quantitative estimate of drug-likeness (QED) is 0.0169. The van der Waals surface area contributed by atoms with Gasteiger partial charge in [0.1, 0.15) is 19.3 Å². The molecule has 3 N–H and O–H groups in total. The van der Waals surface area contributed by atoms with Crippen LogP contribution in [0.4, 0.5) is 0 Å². The summed E-state index contributed by atoms with van der Waals surface area (Å²) >= 11 is 0. The third-order valence-corrected chi connectivity index (χ3v) is 21.6. The van der Waals surface area contributed by atoms with Crippen molar-refractivity contribution >= 4 is 39.5 Å². The second-order valence-electron chi connectivity index (χ2n) is 30.7. The van der Waals surface area contributed by atoms with Crippen LogP contribution in [0.25, 0.3) is 0 Å². The van der Waals surface area contributed by atoms with Crippen LogP contribution in [0.1, 0.15) is 439 Å². The Bertz CT molecular complexity index is 2090. The Balaban J connectivity index is 5.26. The van der Waals surface area contributed by atoms with Gasteiger partial charge >= 0.3 is 39.5 Å². The molecule has 17 nitrogen and oxygen atoms in total. The van der Waals surface area contributed by atoms with Gasteiger partial charge in [0, 0.05) is 25.7 Å². The molecule has 0 spiro atoms. The summed E-state index contributed by atoms with van der Waals surface area (Å²) in [6.07, 6.45) is 74.5. The SMILES string of the molecule is CCCCCC/C=C\C=C/CCCCCCCC(=O)O[C@H](COC(=O)CCCCCCCCCCCC(C)C)COP(=O)(O)OC[C@H](O)COP(=O)(O)OC[C@@H](COC(=O)CCCCCCCCCCCCCCCCCC)OC(=O)CCCCCCCCCCCCCCCCCCCCCCCC. The fraction of sp³-hybridized carbons (Fsp3) is 0.907. The highest BCUT2D eigenvalue weighted by atomic mass is 31.2. The van der Waals surface area contributed by atoms with Crippen molar-refractivity contribution in [1.29, 1.82) is 0 Å². The van der Waals surface area contributed by atoms with Gasteiger partial charge < -0.3 is 33.8 Å². The Morgan fingerprint density at radius 1 is 0.295 bits per heavy atom. The highest BCUT2D eigenvalue weighted by molar-refractivity contribution is 7.47.